The van der Waals surface area contributed by atoms with Crippen LogP contribution in [0.25, 0.3) is 10.2 Å². The number of fused-ring (bicyclic) bond motifs is 1. The lowest BCUT2D eigenvalue weighted by Crippen LogP contribution is -2.27. The fraction of sp³-hybridized carbons (Fsp3) is 0.333. The number of nitrogens with one attached hydrogen (secondary N) is 1. The van der Waals surface area contributed by atoms with Gasteiger partial charge in [0.15, 0.2) is 5.13 Å². The number of anilines is 1. The Bertz CT molecular complexity index is 658. The summed E-state index contributed by atoms with van der Waals surface area (Å²) < 4.78 is 0.679. The average Bonchev–Trinajstić information content (AvgIpc) is 2.68. The Morgan fingerprint density at radius 3 is 2.68 bits per heavy atom. The number of nitro groups is 1. The molecule has 0 unspecified atom stereocenters. The molecule has 1 aromatic heterocycles. The second-order valence-corrected chi connectivity index (χ2v) is 6.16. The Labute approximate surface area is 113 Å². The van der Waals surface area contributed by atoms with Crippen molar-refractivity contribution in [3.63, 3.8) is 0 Å². The van der Waals surface area contributed by atoms with Crippen LogP contribution in [0, 0.1) is 15.5 Å². The number of carbonyl (C=O) groups is 1. The number of nitrogens with zero attached hydrogens (tertiary/aromatic N) is 2. The van der Waals surface area contributed by atoms with Crippen LogP contribution >= 0.6 is 11.3 Å². The molecule has 0 fully saturated rings. The van der Waals surface area contributed by atoms with Crippen molar-refractivity contribution >= 4 is 38.3 Å². The van der Waals surface area contributed by atoms with Crippen molar-refractivity contribution in [3.05, 3.63) is 28.3 Å². The SMILES string of the molecule is CC(C)(C)C(=O)Nc1nc2ccc([N+](=O)[O-])cc2s1. The van der Waals surface area contributed by atoms with E-state index in [4.69, 9.17) is 0 Å². The third-order valence-corrected chi connectivity index (χ3v) is 3.42. The Morgan fingerprint density at radius 1 is 1.42 bits per heavy atom. The Kier molecular flexibility index (Phi) is 3.23. The third-order valence-electron chi connectivity index (χ3n) is 2.48. The van der Waals surface area contributed by atoms with E-state index in [9.17, 15) is 14.9 Å². The molecule has 0 bridgehead atoms. The lowest BCUT2D eigenvalue weighted by molar-refractivity contribution is -0.384. The monoisotopic (exact) mass is 279 g/mol. The highest BCUT2D eigenvalue weighted by molar-refractivity contribution is 7.22. The summed E-state index contributed by atoms with van der Waals surface area (Å²) in [5, 5.41) is 13.9. The van der Waals surface area contributed by atoms with Crippen LogP contribution in [0.15, 0.2) is 18.2 Å². The summed E-state index contributed by atoms with van der Waals surface area (Å²) in [6.07, 6.45) is 0. The molecule has 0 spiro atoms. The van der Waals surface area contributed by atoms with E-state index < -0.39 is 10.3 Å². The van der Waals surface area contributed by atoms with Crippen LogP contribution < -0.4 is 5.32 Å². The zero-order chi connectivity index (χ0) is 14.2. The Balaban J connectivity index is 2.32. The molecule has 0 saturated heterocycles. The van der Waals surface area contributed by atoms with Crippen molar-refractivity contribution < 1.29 is 9.72 Å². The fourth-order valence-electron chi connectivity index (χ4n) is 1.36. The van der Waals surface area contributed by atoms with Gasteiger partial charge in [-0.3, -0.25) is 14.9 Å². The van der Waals surface area contributed by atoms with Crippen LogP contribution in [-0.2, 0) is 4.79 Å². The van der Waals surface area contributed by atoms with Crippen molar-refractivity contribution in [1.29, 1.82) is 0 Å². The molecule has 1 heterocycles. The van der Waals surface area contributed by atoms with Crippen molar-refractivity contribution in [1.82, 2.24) is 4.98 Å². The van der Waals surface area contributed by atoms with Gasteiger partial charge in [0, 0.05) is 17.5 Å². The highest BCUT2D eigenvalue weighted by Gasteiger charge is 2.22. The lowest BCUT2D eigenvalue weighted by Gasteiger charge is -2.15. The third kappa shape index (κ3) is 2.87. The first kappa shape index (κ1) is 13.4. The highest BCUT2D eigenvalue weighted by Crippen LogP contribution is 2.30. The summed E-state index contributed by atoms with van der Waals surface area (Å²) in [7, 11) is 0. The maximum absolute atomic E-state index is 11.8. The molecule has 0 radical (unpaired) electrons. The van der Waals surface area contributed by atoms with Crippen LogP contribution in [0.2, 0.25) is 0 Å². The number of amides is 1. The molecule has 0 aliphatic rings. The zero-order valence-corrected chi connectivity index (χ0v) is 11.6. The number of rotatable bonds is 2. The zero-order valence-electron chi connectivity index (χ0n) is 10.8. The Morgan fingerprint density at radius 2 is 2.11 bits per heavy atom. The van der Waals surface area contributed by atoms with Gasteiger partial charge in [-0.25, -0.2) is 4.98 Å². The van der Waals surface area contributed by atoms with E-state index in [0.717, 1.165) is 0 Å². The van der Waals surface area contributed by atoms with Crippen LogP contribution in [0.1, 0.15) is 20.8 Å². The van der Waals surface area contributed by atoms with Crippen molar-refractivity contribution in [2.24, 2.45) is 5.41 Å². The highest BCUT2D eigenvalue weighted by atomic mass is 32.1. The predicted octanol–water partition coefficient (Wildman–Crippen LogP) is 3.19. The van der Waals surface area contributed by atoms with Gasteiger partial charge in [-0.2, -0.15) is 0 Å². The lowest BCUT2D eigenvalue weighted by atomic mass is 9.96. The van der Waals surface area contributed by atoms with E-state index in [2.05, 4.69) is 10.3 Å². The molecule has 6 nitrogen and oxygen atoms in total. The Hall–Kier alpha value is -2.02. The number of nitro benzene ring substituents is 1. The average molecular weight is 279 g/mol. The number of aromatic nitrogens is 1. The summed E-state index contributed by atoms with van der Waals surface area (Å²) in [5.41, 5.74) is 0.147. The van der Waals surface area contributed by atoms with Gasteiger partial charge in [0.1, 0.15) is 0 Å². The van der Waals surface area contributed by atoms with Crippen molar-refractivity contribution in [3.8, 4) is 0 Å². The summed E-state index contributed by atoms with van der Waals surface area (Å²) in [5.74, 6) is -0.138. The van der Waals surface area contributed by atoms with Gasteiger partial charge >= 0.3 is 0 Å². The number of thiazole rings is 1. The van der Waals surface area contributed by atoms with Gasteiger partial charge in [0.05, 0.1) is 15.1 Å². The van der Waals surface area contributed by atoms with Crippen molar-refractivity contribution in [2.75, 3.05) is 5.32 Å². The standard InChI is InChI=1S/C12H13N3O3S/c1-12(2,3)10(16)14-11-13-8-5-4-7(15(17)18)6-9(8)19-11/h4-6H,1-3H3,(H,13,14,16). The van der Waals surface area contributed by atoms with Gasteiger partial charge in [-0.1, -0.05) is 32.1 Å². The van der Waals surface area contributed by atoms with E-state index in [1.807, 2.05) is 0 Å². The number of non-ortho nitro benzene ring substituents is 1. The smallest absolute Gasteiger partial charge is 0.270 e. The van der Waals surface area contributed by atoms with E-state index >= 15 is 0 Å². The van der Waals surface area contributed by atoms with E-state index in [0.29, 0.717) is 15.3 Å². The minimum atomic E-state index is -0.510. The molecule has 1 aromatic carbocycles. The quantitative estimate of drug-likeness (QED) is 0.675. The maximum atomic E-state index is 11.8. The van der Waals surface area contributed by atoms with Gasteiger partial charge in [-0.15, -0.1) is 0 Å². The molecule has 7 heteroatoms. The molecule has 19 heavy (non-hydrogen) atoms. The van der Waals surface area contributed by atoms with Gasteiger partial charge < -0.3 is 5.32 Å². The predicted molar refractivity (Wildman–Crippen MR) is 74.4 cm³/mol. The van der Waals surface area contributed by atoms with Gasteiger partial charge in [0.25, 0.3) is 5.69 Å². The molecule has 1 amide bonds. The molecule has 0 atom stereocenters. The van der Waals surface area contributed by atoms with Crippen LogP contribution in [0.5, 0.6) is 0 Å². The molecule has 100 valence electrons. The second-order valence-electron chi connectivity index (χ2n) is 5.13. The van der Waals surface area contributed by atoms with E-state index in [1.165, 1.54) is 23.5 Å². The largest absolute Gasteiger partial charge is 0.301 e. The van der Waals surface area contributed by atoms with Gasteiger partial charge in [0.2, 0.25) is 5.91 Å². The first-order valence-corrected chi connectivity index (χ1v) is 6.45. The summed E-state index contributed by atoms with van der Waals surface area (Å²) in [4.78, 5) is 26.3. The summed E-state index contributed by atoms with van der Waals surface area (Å²) in [6, 6.07) is 4.44. The summed E-state index contributed by atoms with van der Waals surface area (Å²) in [6.45, 7) is 5.42. The topological polar surface area (TPSA) is 85.1 Å². The van der Waals surface area contributed by atoms with Crippen LogP contribution in [-0.4, -0.2) is 15.8 Å². The first-order valence-electron chi connectivity index (χ1n) is 5.64. The van der Waals surface area contributed by atoms with E-state index in [1.54, 1.807) is 26.8 Å². The number of hydrogen-bond acceptors (Lipinski definition) is 5. The second kappa shape index (κ2) is 4.58. The molecule has 2 aromatic rings. The van der Waals surface area contributed by atoms with Crippen LogP contribution in [0.4, 0.5) is 10.8 Å². The first-order chi connectivity index (χ1) is 8.77. The normalized spacial score (nSPS) is 11.5. The molecular formula is C12H13N3O3S. The van der Waals surface area contributed by atoms with E-state index in [-0.39, 0.29) is 11.6 Å². The maximum Gasteiger partial charge on any atom is 0.270 e. The minimum absolute atomic E-state index is 0.0184. The molecule has 0 aliphatic carbocycles. The molecule has 2 rings (SSSR count). The molecular weight excluding hydrogens is 266 g/mol. The van der Waals surface area contributed by atoms with Crippen molar-refractivity contribution in [2.45, 2.75) is 20.8 Å². The van der Waals surface area contributed by atoms with Crippen LogP contribution in [0.3, 0.4) is 0 Å². The minimum Gasteiger partial charge on any atom is -0.301 e. The molecule has 0 aliphatic heterocycles. The number of carbonyl (C=O) groups excluding carboxylic acids is 1. The molecule has 0 saturated carbocycles. The summed E-state index contributed by atoms with van der Waals surface area (Å²) >= 11 is 1.23. The van der Waals surface area contributed by atoms with Gasteiger partial charge in [-0.05, 0) is 6.07 Å². The number of hydrogen-bond donors (Lipinski definition) is 1. The molecule has 1 N–H and O–H groups in total. The fourth-order valence-corrected chi connectivity index (χ4v) is 2.26. The number of benzene rings is 1.